The molecule has 0 unspecified atom stereocenters. The van der Waals surface area contributed by atoms with Crippen molar-refractivity contribution in [1.82, 2.24) is 10.3 Å². The lowest BCUT2D eigenvalue weighted by Gasteiger charge is -2.08. The van der Waals surface area contributed by atoms with Crippen molar-refractivity contribution in [3.8, 4) is 0 Å². The molecule has 1 aromatic carbocycles. The number of anilines is 1. The second-order valence-electron chi connectivity index (χ2n) is 5.51. The molecule has 21 heavy (non-hydrogen) atoms. The van der Waals surface area contributed by atoms with E-state index in [4.69, 9.17) is 0 Å². The minimum atomic E-state index is 0.00890. The second kappa shape index (κ2) is 5.95. The highest BCUT2D eigenvalue weighted by Crippen LogP contribution is 2.20. The lowest BCUT2D eigenvalue weighted by molar-refractivity contribution is 0.0951. The predicted molar refractivity (Wildman–Crippen MR) is 83.2 cm³/mol. The molecule has 1 amide bonds. The molecule has 2 N–H and O–H groups in total. The molecular formula is C17H19N3O. The van der Waals surface area contributed by atoms with Crippen molar-refractivity contribution >= 4 is 11.6 Å². The zero-order valence-electron chi connectivity index (χ0n) is 12.1. The Bertz CT molecular complexity index is 633. The van der Waals surface area contributed by atoms with Crippen LogP contribution in [-0.2, 0) is 6.54 Å². The average molecular weight is 281 g/mol. The second-order valence-corrected chi connectivity index (χ2v) is 5.51. The summed E-state index contributed by atoms with van der Waals surface area (Å²) in [5.41, 5.74) is 3.76. The van der Waals surface area contributed by atoms with Crippen LogP contribution in [0.2, 0.25) is 0 Å². The molecule has 1 heterocycles. The number of benzene rings is 1. The SMILES string of the molecule is Cc1ccc(CNc2cccc(C(=O)NC3CC3)c2)nc1. The Kier molecular flexibility index (Phi) is 3.86. The maximum atomic E-state index is 12.0. The molecule has 2 aromatic rings. The largest absolute Gasteiger partial charge is 0.379 e. The standard InChI is InChI=1S/C17H19N3O/c1-12-5-6-16(18-10-12)11-19-15-4-2-3-13(9-15)17(21)20-14-7-8-14/h2-6,9-10,14,19H,7-8,11H2,1H3,(H,20,21). The van der Waals surface area contributed by atoms with E-state index in [9.17, 15) is 4.79 Å². The molecule has 3 rings (SSSR count). The number of carbonyl (C=O) groups excluding carboxylic acids is 1. The zero-order chi connectivity index (χ0) is 14.7. The number of hydrogen-bond donors (Lipinski definition) is 2. The van der Waals surface area contributed by atoms with Gasteiger partial charge in [0.2, 0.25) is 0 Å². The molecule has 0 spiro atoms. The third-order valence-corrected chi connectivity index (χ3v) is 3.48. The molecule has 0 radical (unpaired) electrons. The molecule has 1 aliphatic rings. The fourth-order valence-corrected chi connectivity index (χ4v) is 2.06. The number of nitrogens with zero attached hydrogens (tertiary/aromatic N) is 1. The average Bonchev–Trinajstić information content (AvgIpc) is 3.31. The van der Waals surface area contributed by atoms with Crippen LogP contribution in [0.4, 0.5) is 5.69 Å². The van der Waals surface area contributed by atoms with Crippen molar-refractivity contribution in [3.05, 3.63) is 59.4 Å². The van der Waals surface area contributed by atoms with Gasteiger partial charge in [-0.05, 0) is 49.6 Å². The van der Waals surface area contributed by atoms with Crippen molar-refractivity contribution in [2.75, 3.05) is 5.32 Å². The minimum Gasteiger partial charge on any atom is -0.379 e. The molecule has 0 aliphatic heterocycles. The van der Waals surface area contributed by atoms with Gasteiger partial charge in [-0.1, -0.05) is 12.1 Å². The van der Waals surface area contributed by atoms with Crippen LogP contribution < -0.4 is 10.6 Å². The molecule has 4 nitrogen and oxygen atoms in total. The van der Waals surface area contributed by atoms with Crippen molar-refractivity contribution in [3.63, 3.8) is 0 Å². The molecule has 0 bridgehead atoms. The lowest BCUT2D eigenvalue weighted by atomic mass is 10.2. The molecule has 1 saturated carbocycles. The monoisotopic (exact) mass is 281 g/mol. The summed E-state index contributed by atoms with van der Waals surface area (Å²) in [7, 11) is 0. The van der Waals surface area contributed by atoms with Gasteiger partial charge in [-0.15, -0.1) is 0 Å². The summed E-state index contributed by atoms with van der Waals surface area (Å²) < 4.78 is 0. The van der Waals surface area contributed by atoms with Crippen LogP contribution in [0.25, 0.3) is 0 Å². The Morgan fingerprint density at radius 1 is 1.29 bits per heavy atom. The fourth-order valence-electron chi connectivity index (χ4n) is 2.06. The molecule has 4 heteroatoms. The topological polar surface area (TPSA) is 54.0 Å². The van der Waals surface area contributed by atoms with Crippen molar-refractivity contribution in [2.45, 2.75) is 32.4 Å². The predicted octanol–water partition coefficient (Wildman–Crippen LogP) is 2.89. The van der Waals surface area contributed by atoms with Crippen LogP contribution in [0, 0.1) is 6.92 Å². The number of carbonyl (C=O) groups is 1. The smallest absolute Gasteiger partial charge is 0.251 e. The molecular weight excluding hydrogens is 262 g/mol. The van der Waals surface area contributed by atoms with Crippen LogP contribution in [-0.4, -0.2) is 16.9 Å². The van der Waals surface area contributed by atoms with E-state index in [0.717, 1.165) is 29.8 Å². The van der Waals surface area contributed by atoms with E-state index in [2.05, 4.69) is 15.6 Å². The quantitative estimate of drug-likeness (QED) is 0.886. The first-order chi connectivity index (χ1) is 10.2. The van der Waals surface area contributed by atoms with E-state index in [1.807, 2.05) is 49.5 Å². The highest BCUT2D eigenvalue weighted by Gasteiger charge is 2.23. The van der Waals surface area contributed by atoms with Crippen molar-refractivity contribution in [2.24, 2.45) is 0 Å². The van der Waals surface area contributed by atoms with Gasteiger partial charge in [0.05, 0.1) is 12.2 Å². The van der Waals surface area contributed by atoms with Crippen LogP contribution in [0.5, 0.6) is 0 Å². The van der Waals surface area contributed by atoms with E-state index in [-0.39, 0.29) is 5.91 Å². The minimum absolute atomic E-state index is 0.00890. The Morgan fingerprint density at radius 3 is 2.86 bits per heavy atom. The van der Waals surface area contributed by atoms with Crippen LogP contribution in [0.15, 0.2) is 42.6 Å². The fraction of sp³-hybridized carbons (Fsp3) is 0.294. The summed E-state index contributed by atoms with van der Waals surface area (Å²) in [6, 6.07) is 12.0. The summed E-state index contributed by atoms with van der Waals surface area (Å²) in [6.07, 6.45) is 4.06. The number of hydrogen-bond acceptors (Lipinski definition) is 3. The number of pyridine rings is 1. The molecule has 1 aliphatic carbocycles. The zero-order valence-corrected chi connectivity index (χ0v) is 12.1. The first kappa shape index (κ1) is 13.6. The van der Waals surface area contributed by atoms with Gasteiger partial charge in [0.15, 0.2) is 0 Å². The summed E-state index contributed by atoms with van der Waals surface area (Å²) in [5.74, 6) is 0.00890. The highest BCUT2D eigenvalue weighted by molar-refractivity contribution is 5.95. The number of amides is 1. The van der Waals surface area contributed by atoms with Crippen molar-refractivity contribution in [1.29, 1.82) is 0 Å². The van der Waals surface area contributed by atoms with E-state index in [1.54, 1.807) is 0 Å². The number of rotatable bonds is 5. The van der Waals surface area contributed by atoms with Crippen LogP contribution in [0.3, 0.4) is 0 Å². The molecule has 0 saturated heterocycles. The van der Waals surface area contributed by atoms with Gasteiger partial charge in [-0.2, -0.15) is 0 Å². The number of nitrogens with one attached hydrogen (secondary N) is 2. The third-order valence-electron chi connectivity index (χ3n) is 3.48. The van der Waals surface area contributed by atoms with Gasteiger partial charge in [0, 0.05) is 23.5 Å². The number of aromatic nitrogens is 1. The first-order valence-electron chi connectivity index (χ1n) is 7.27. The lowest BCUT2D eigenvalue weighted by Crippen LogP contribution is -2.25. The van der Waals surface area contributed by atoms with Crippen LogP contribution >= 0.6 is 0 Å². The summed E-state index contributed by atoms with van der Waals surface area (Å²) in [4.78, 5) is 16.4. The van der Waals surface area contributed by atoms with Gasteiger partial charge >= 0.3 is 0 Å². The molecule has 0 atom stereocenters. The van der Waals surface area contributed by atoms with Gasteiger partial charge in [0.1, 0.15) is 0 Å². The van der Waals surface area contributed by atoms with Crippen LogP contribution in [0.1, 0.15) is 34.5 Å². The Morgan fingerprint density at radius 2 is 2.14 bits per heavy atom. The Labute approximate surface area is 124 Å². The number of aryl methyl sites for hydroxylation is 1. The third kappa shape index (κ3) is 3.81. The van der Waals surface area contributed by atoms with Gasteiger partial charge < -0.3 is 10.6 Å². The Balaban J connectivity index is 1.62. The van der Waals surface area contributed by atoms with E-state index < -0.39 is 0 Å². The summed E-state index contributed by atoms with van der Waals surface area (Å²) >= 11 is 0. The highest BCUT2D eigenvalue weighted by atomic mass is 16.1. The Hall–Kier alpha value is -2.36. The summed E-state index contributed by atoms with van der Waals surface area (Å²) in [6.45, 7) is 2.67. The molecule has 1 fully saturated rings. The maximum Gasteiger partial charge on any atom is 0.251 e. The normalized spacial score (nSPS) is 13.8. The van der Waals surface area contributed by atoms with E-state index >= 15 is 0 Å². The van der Waals surface area contributed by atoms with Crippen molar-refractivity contribution < 1.29 is 4.79 Å². The summed E-state index contributed by atoms with van der Waals surface area (Å²) in [5, 5.41) is 6.30. The molecule has 108 valence electrons. The van der Waals surface area contributed by atoms with E-state index in [0.29, 0.717) is 18.2 Å². The van der Waals surface area contributed by atoms with Gasteiger partial charge in [-0.25, -0.2) is 0 Å². The van der Waals surface area contributed by atoms with Gasteiger partial charge in [-0.3, -0.25) is 9.78 Å². The van der Waals surface area contributed by atoms with Gasteiger partial charge in [0.25, 0.3) is 5.91 Å². The maximum absolute atomic E-state index is 12.0. The molecule has 1 aromatic heterocycles. The van der Waals surface area contributed by atoms with E-state index in [1.165, 1.54) is 0 Å². The first-order valence-corrected chi connectivity index (χ1v) is 7.27.